The molecule has 6 aromatic carbocycles. The Labute approximate surface area is 281 Å². The number of hydrogen-bond acceptors (Lipinski definition) is 3. The summed E-state index contributed by atoms with van der Waals surface area (Å²) in [5.41, 5.74) is 13.2. The molecule has 0 unspecified atom stereocenters. The average Bonchev–Trinajstić information content (AvgIpc) is 3.88. The van der Waals surface area contributed by atoms with Crippen LogP contribution >= 0.6 is 0 Å². The zero-order chi connectivity index (χ0) is 32.6. The Kier molecular flexibility index (Phi) is 5.87. The summed E-state index contributed by atoms with van der Waals surface area (Å²) in [5.74, 6) is 1.68. The molecule has 5 heteroatoms. The lowest BCUT2D eigenvalue weighted by atomic mass is 9.95. The van der Waals surface area contributed by atoms with Crippen molar-refractivity contribution in [3.63, 3.8) is 0 Å². The van der Waals surface area contributed by atoms with Gasteiger partial charge < -0.3 is 8.83 Å². The van der Waals surface area contributed by atoms with Crippen molar-refractivity contribution in [2.75, 3.05) is 0 Å². The second kappa shape index (κ2) is 10.5. The monoisotopic (exact) mass is 631 g/mol. The lowest BCUT2D eigenvalue weighted by Crippen LogP contribution is -1.97. The number of allylic oxidation sites excluding steroid dienone is 1. The molecule has 49 heavy (non-hydrogen) atoms. The predicted molar refractivity (Wildman–Crippen MR) is 202 cm³/mol. The van der Waals surface area contributed by atoms with Gasteiger partial charge in [-0.25, -0.2) is 4.98 Å². The van der Waals surface area contributed by atoms with Crippen LogP contribution in [0.15, 0.2) is 149 Å². The van der Waals surface area contributed by atoms with Crippen LogP contribution < -0.4 is 0 Å². The number of nitrogens with zero attached hydrogens (tertiary/aromatic N) is 3. The summed E-state index contributed by atoms with van der Waals surface area (Å²) in [6.07, 6.45) is 5.85. The van der Waals surface area contributed by atoms with Crippen LogP contribution in [-0.2, 0) is 0 Å². The average molecular weight is 632 g/mol. The molecule has 10 rings (SSSR count). The van der Waals surface area contributed by atoms with E-state index in [9.17, 15) is 0 Å². The molecule has 0 amide bonds. The van der Waals surface area contributed by atoms with Gasteiger partial charge in [0, 0.05) is 21.7 Å². The van der Waals surface area contributed by atoms with Crippen LogP contribution in [0, 0.1) is 0 Å². The molecule has 5 nitrogen and oxygen atoms in total. The highest BCUT2D eigenvalue weighted by Crippen LogP contribution is 2.39. The van der Waals surface area contributed by atoms with Crippen molar-refractivity contribution < 1.29 is 8.83 Å². The topological polar surface area (TPSA) is 48.5 Å². The normalized spacial score (nSPS) is 12.2. The number of fused-ring (bicyclic) bond motifs is 9. The fourth-order valence-corrected chi connectivity index (χ4v) is 7.39. The molecule has 0 saturated carbocycles. The zero-order valence-electron chi connectivity index (χ0n) is 26.7. The van der Waals surface area contributed by atoms with Crippen molar-refractivity contribution in [2.45, 2.75) is 6.92 Å². The fourth-order valence-electron chi connectivity index (χ4n) is 7.39. The molecular weight excluding hydrogens is 603 g/mol. The van der Waals surface area contributed by atoms with E-state index < -0.39 is 0 Å². The smallest absolute Gasteiger partial charge is 0.220 e. The van der Waals surface area contributed by atoms with E-state index in [1.54, 1.807) is 0 Å². The summed E-state index contributed by atoms with van der Waals surface area (Å²) in [6.45, 7) is 6.10. The van der Waals surface area contributed by atoms with Gasteiger partial charge in [0.1, 0.15) is 22.5 Å². The van der Waals surface area contributed by atoms with Gasteiger partial charge in [0.15, 0.2) is 0 Å². The lowest BCUT2D eigenvalue weighted by molar-refractivity contribution is 0.603. The first kappa shape index (κ1) is 27.5. The second-order valence-electron chi connectivity index (χ2n) is 12.4. The highest BCUT2D eigenvalue weighted by Gasteiger charge is 2.19. The molecule has 0 spiro atoms. The molecule has 10 aromatic rings. The summed E-state index contributed by atoms with van der Waals surface area (Å²) < 4.78 is 16.9. The number of benzene rings is 6. The van der Waals surface area contributed by atoms with E-state index in [4.69, 9.17) is 13.8 Å². The first-order valence-corrected chi connectivity index (χ1v) is 16.4. The minimum atomic E-state index is 0.812. The summed E-state index contributed by atoms with van der Waals surface area (Å²) in [5, 5.41) is 3.24. The first-order chi connectivity index (χ1) is 24.2. The Morgan fingerprint density at radius 2 is 1.24 bits per heavy atom. The van der Waals surface area contributed by atoms with Gasteiger partial charge in [-0.1, -0.05) is 73.3 Å². The molecule has 0 atom stereocenters. The molecule has 0 aliphatic heterocycles. The van der Waals surface area contributed by atoms with E-state index in [0.29, 0.717) is 0 Å². The van der Waals surface area contributed by atoms with Crippen LogP contribution in [-0.4, -0.2) is 14.0 Å². The van der Waals surface area contributed by atoms with E-state index in [-0.39, 0.29) is 0 Å². The van der Waals surface area contributed by atoms with Gasteiger partial charge >= 0.3 is 0 Å². The Hall–Kier alpha value is -6.59. The van der Waals surface area contributed by atoms with Crippen molar-refractivity contribution in [2.24, 2.45) is 0 Å². The van der Waals surface area contributed by atoms with Gasteiger partial charge in [-0.3, -0.25) is 8.97 Å². The van der Waals surface area contributed by atoms with Crippen molar-refractivity contribution in [1.29, 1.82) is 0 Å². The van der Waals surface area contributed by atoms with E-state index in [0.717, 1.165) is 100 Å². The number of furan rings is 2. The second-order valence-corrected chi connectivity index (χ2v) is 12.4. The highest BCUT2D eigenvalue weighted by molar-refractivity contribution is 6.06. The maximum Gasteiger partial charge on any atom is 0.220 e. The van der Waals surface area contributed by atoms with E-state index in [2.05, 4.69) is 125 Å². The Morgan fingerprint density at radius 3 is 2.02 bits per heavy atom. The van der Waals surface area contributed by atoms with Gasteiger partial charge in [-0.15, -0.1) is 0 Å². The Bertz CT molecular complexity index is 2980. The van der Waals surface area contributed by atoms with E-state index in [1.807, 2.05) is 43.4 Å². The molecule has 0 radical (unpaired) electrons. The maximum atomic E-state index is 6.21. The minimum Gasteiger partial charge on any atom is -0.456 e. The first-order valence-electron chi connectivity index (χ1n) is 16.4. The molecule has 4 aromatic heterocycles. The standard InChI is InChI=1S/C44H29N3O2/c1-3-11-40-32(4-2)34-25-27(18-20-42(34)48-40)29-22-30(28-19-21-43-35(26-28)33-12-5-10-17-41(33)49-43)24-31(23-29)46-38-15-8-9-16-39(38)47-37-14-7-6-13-36(37)45-44(46)47/h3-26H,2H2,1H3/b11-3-. The highest BCUT2D eigenvalue weighted by atomic mass is 16.3. The lowest BCUT2D eigenvalue weighted by Gasteiger charge is -2.13. The third kappa shape index (κ3) is 4.09. The number of imidazole rings is 2. The Morgan fingerprint density at radius 1 is 0.592 bits per heavy atom. The SMILES string of the molecule is C=Cc1c(/C=C\C)oc2ccc(-c3cc(-c4ccc5oc6ccccc6c5c4)cc(-n4c5ccccc5n5c6ccccc6nc45)c3)cc12. The third-order valence-electron chi connectivity index (χ3n) is 9.60. The number of rotatable bonds is 5. The zero-order valence-corrected chi connectivity index (χ0v) is 26.7. The molecule has 4 heterocycles. The van der Waals surface area contributed by atoms with Gasteiger partial charge in [0.2, 0.25) is 5.78 Å². The molecule has 0 aliphatic rings. The van der Waals surface area contributed by atoms with Gasteiger partial charge in [-0.2, -0.15) is 0 Å². The molecule has 0 fully saturated rings. The summed E-state index contributed by atoms with van der Waals surface area (Å²) in [7, 11) is 0. The molecule has 0 aliphatic carbocycles. The van der Waals surface area contributed by atoms with Crippen LogP contribution in [0.25, 0.3) is 101 Å². The fraction of sp³-hybridized carbons (Fsp3) is 0.0227. The van der Waals surface area contributed by atoms with Crippen molar-refractivity contribution in [3.8, 4) is 27.9 Å². The summed E-state index contributed by atoms with van der Waals surface area (Å²) in [6, 6.07) is 44.8. The van der Waals surface area contributed by atoms with E-state index in [1.165, 1.54) is 0 Å². The van der Waals surface area contributed by atoms with Gasteiger partial charge in [0.05, 0.1) is 27.8 Å². The summed E-state index contributed by atoms with van der Waals surface area (Å²) >= 11 is 0. The molecule has 0 saturated heterocycles. The van der Waals surface area contributed by atoms with Crippen LogP contribution in [0.1, 0.15) is 18.2 Å². The third-order valence-corrected chi connectivity index (χ3v) is 9.60. The number of aromatic nitrogens is 3. The molecule has 0 N–H and O–H groups in total. The largest absolute Gasteiger partial charge is 0.456 e. The van der Waals surface area contributed by atoms with Crippen molar-refractivity contribution >= 4 is 72.9 Å². The van der Waals surface area contributed by atoms with Crippen molar-refractivity contribution in [3.05, 3.63) is 151 Å². The maximum absolute atomic E-state index is 6.21. The number of para-hydroxylation sites is 5. The van der Waals surface area contributed by atoms with Crippen LogP contribution in [0.5, 0.6) is 0 Å². The quantitative estimate of drug-likeness (QED) is 0.190. The summed E-state index contributed by atoms with van der Waals surface area (Å²) in [4.78, 5) is 5.17. The molecule has 0 bridgehead atoms. The number of hydrogen-bond donors (Lipinski definition) is 0. The van der Waals surface area contributed by atoms with Crippen LogP contribution in [0.2, 0.25) is 0 Å². The minimum absolute atomic E-state index is 0.812. The predicted octanol–water partition coefficient (Wildman–Crippen LogP) is 12.1. The Balaban J connectivity index is 1.27. The van der Waals surface area contributed by atoms with Crippen molar-refractivity contribution in [1.82, 2.24) is 14.0 Å². The van der Waals surface area contributed by atoms with Crippen LogP contribution in [0.4, 0.5) is 0 Å². The van der Waals surface area contributed by atoms with E-state index >= 15 is 0 Å². The van der Waals surface area contributed by atoms with Gasteiger partial charge in [-0.05, 0) is 108 Å². The van der Waals surface area contributed by atoms with Gasteiger partial charge in [0.25, 0.3) is 0 Å². The molecule has 232 valence electrons. The van der Waals surface area contributed by atoms with Crippen LogP contribution in [0.3, 0.4) is 0 Å². The molecular formula is C44H29N3O2.